The van der Waals surface area contributed by atoms with Crippen LogP contribution >= 0.6 is 0 Å². The van der Waals surface area contributed by atoms with E-state index in [4.69, 9.17) is 24.4 Å². The van der Waals surface area contributed by atoms with Gasteiger partial charge in [-0.05, 0) is 101 Å². The van der Waals surface area contributed by atoms with Crippen LogP contribution in [0.15, 0.2) is 60.9 Å². The van der Waals surface area contributed by atoms with Crippen LogP contribution in [0.4, 0.5) is 16.4 Å². The SMILES string of the molecule is CC(C)c1cnn2c(NCc3ccccc3-c3nccc4cc(NCC5CCNCC5)ccc34)nc(O[C@@H]3CCCN(C(=O)OC(C)(C)C)C3)nc12. The summed E-state index contributed by atoms with van der Waals surface area (Å²) >= 11 is 0. The molecule has 3 N–H and O–H groups in total. The summed E-state index contributed by atoms with van der Waals surface area (Å²) in [6.07, 6.45) is 7.15. The number of pyridine rings is 1. The molecule has 7 rings (SSSR count). The number of amides is 1. The molecule has 5 heterocycles. The van der Waals surface area contributed by atoms with Crippen molar-refractivity contribution in [2.45, 2.75) is 84.5 Å². The Kier molecular flexibility index (Phi) is 10.4. The maximum absolute atomic E-state index is 12.8. The van der Waals surface area contributed by atoms with Crippen molar-refractivity contribution in [2.75, 3.05) is 43.4 Å². The second kappa shape index (κ2) is 15.3. The van der Waals surface area contributed by atoms with E-state index in [1.165, 1.54) is 12.8 Å². The minimum atomic E-state index is -0.565. The second-order valence-corrected chi connectivity index (χ2v) is 15.3. The fourth-order valence-electron chi connectivity index (χ4n) is 7.06. The van der Waals surface area contributed by atoms with E-state index in [0.717, 1.165) is 71.3 Å². The van der Waals surface area contributed by atoms with Gasteiger partial charge in [-0.3, -0.25) is 4.98 Å². The van der Waals surface area contributed by atoms with Crippen LogP contribution in [0.3, 0.4) is 0 Å². The van der Waals surface area contributed by atoms with Gasteiger partial charge in [0.1, 0.15) is 11.7 Å². The molecule has 0 aliphatic carbocycles. The van der Waals surface area contributed by atoms with Gasteiger partial charge in [-0.2, -0.15) is 19.6 Å². The average Bonchev–Trinajstić information content (AvgIpc) is 3.57. The fourth-order valence-corrected chi connectivity index (χ4v) is 7.06. The molecule has 2 saturated heterocycles. The number of benzene rings is 2. The Morgan fingerprint density at radius 3 is 2.67 bits per heavy atom. The largest absolute Gasteiger partial charge is 0.458 e. The third-order valence-corrected chi connectivity index (χ3v) is 9.83. The zero-order valence-corrected chi connectivity index (χ0v) is 31.0. The lowest BCUT2D eigenvalue weighted by molar-refractivity contribution is 0.00662. The van der Waals surface area contributed by atoms with Crippen molar-refractivity contribution >= 4 is 34.1 Å². The van der Waals surface area contributed by atoms with Crippen LogP contribution in [0.5, 0.6) is 6.01 Å². The molecule has 2 aliphatic heterocycles. The van der Waals surface area contributed by atoms with E-state index in [9.17, 15) is 4.79 Å². The molecule has 12 heteroatoms. The standard InChI is InChI=1S/C40H51N9O3/c1-26(2)34-24-45-49-36(34)46-38(51-31-10-8-20-48(25-31)39(50)52-40(3,4)5)47-37(49)44-23-29-9-6-7-11-32(29)35-33-13-12-30(21-28(33)16-19-42-35)43-22-27-14-17-41-18-15-27/h6-7,9,11-13,16,19,21,24,26-27,31,41,43H,8,10,14-15,17-18,20,22-23,25H2,1-5H3,(H,44,46,47)/t31-/m1/s1. The number of ether oxygens (including phenoxy) is 2. The Morgan fingerprint density at radius 1 is 1.04 bits per heavy atom. The zero-order valence-electron chi connectivity index (χ0n) is 31.0. The topological polar surface area (TPSA) is 131 Å². The highest BCUT2D eigenvalue weighted by molar-refractivity contribution is 5.96. The maximum atomic E-state index is 12.8. The van der Waals surface area contributed by atoms with Crippen molar-refractivity contribution < 1.29 is 14.3 Å². The first-order valence-electron chi connectivity index (χ1n) is 18.7. The maximum Gasteiger partial charge on any atom is 0.410 e. The lowest BCUT2D eigenvalue weighted by Gasteiger charge is -2.33. The number of piperidine rings is 2. The number of anilines is 2. The van der Waals surface area contributed by atoms with Crippen LogP contribution in [0.1, 0.15) is 77.3 Å². The Morgan fingerprint density at radius 2 is 1.87 bits per heavy atom. The molecular formula is C40H51N9O3. The van der Waals surface area contributed by atoms with Gasteiger partial charge in [0.25, 0.3) is 0 Å². The van der Waals surface area contributed by atoms with E-state index in [0.29, 0.717) is 37.1 Å². The van der Waals surface area contributed by atoms with Crippen molar-refractivity contribution in [3.05, 3.63) is 72.1 Å². The predicted molar refractivity (Wildman–Crippen MR) is 205 cm³/mol. The summed E-state index contributed by atoms with van der Waals surface area (Å²) in [5.74, 6) is 1.42. The lowest BCUT2D eigenvalue weighted by Crippen LogP contribution is -2.46. The summed E-state index contributed by atoms with van der Waals surface area (Å²) in [6, 6.07) is 17.2. The molecule has 52 heavy (non-hydrogen) atoms. The molecule has 0 unspecified atom stereocenters. The minimum absolute atomic E-state index is 0.198. The summed E-state index contributed by atoms with van der Waals surface area (Å²) in [6.45, 7) is 14.6. The number of fused-ring (bicyclic) bond motifs is 2. The predicted octanol–water partition coefficient (Wildman–Crippen LogP) is 7.26. The Bertz CT molecular complexity index is 2020. The molecule has 0 saturated carbocycles. The van der Waals surface area contributed by atoms with Gasteiger partial charge in [0.15, 0.2) is 5.65 Å². The van der Waals surface area contributed by atoms with Gasteiger partial charge >= 0.3 is 12.1 Å². The number of carbonyl (C=O) groups excluding carboxylic acids is 1. The van der Waals surface area contributed by atoms with Gasteiger partial charge in [0, 0.05) is 48.0 Å². The summed E-state index contributed by atoms with van der Waals surface area (Å²) in [5.41, 5.74) is 5.31. The third kappa shape index (κ3) is 8.22. The number of rotatable bonds is 10. The number of hydrogen-bond donors (Lipinski definition) is 3. The zero-order chi connectivity index (χ0) is 36.2. The van der Waals surface area contributed by atoms with E-state index < -0.39 is 5.60 Å². The highest BCUT2D eigenvalue weighted by Crippen LogP contribution is 2.32. The molecular weight excluding hydrogens is 655 g/mol. The van der Waals surface area contributed by atoms with Crippen LogP contribution in [0, 0.1) is 5.92 Å². The van der Waals surface area contributed by atoms with Crippen LogP contribution in [0.2, 0.25) is 0 Å². The van der Waals surface area contributed by atoms with E-state index >= 15 is 0 Å². The van der Waals surface area contributed by atoms with Gasteiger partial charge in [-0.1, -0.05) is 44.2 Å². The number of likely N-dealkylation sites (tertiary alicyclic amines) is 1. The molecule has 2 aliphatic rings. The fraction of sp³-hybridized carbons (Fsp3) is 0.475. The van der Waals surface area contributed by atoms with Crippen LogP contribution in [-0.2, 0) is 11.3 Å². The molecule has 1 amide bonds. The molecule has 3 aromatic heterocycles. The first kappa shape index (κ1) is 35.4. The van der Waals surface area contributed by atoms with E-state index in [1.807, 2.05) is 39.2 Å². The highest BCUT2D eigenvalue weighted by atomic mass is 16.6. The Labute approximate surface area is 305 Å². The third-order valence-electron chi connectivity index (χ3n) is 9.83. The highest BCUT2D eigenvalue weighted by Gasteiger charge is 2.29. The molecule has 2 aromatic carbocycles. The molecule has 0 spiro atoms. The number of carbonyl (C=O) groups is 1. The van der Waals surface area contributed by atoms with Crippen LogP contribution in [-0.4, -0.2) is 80.0 Å². The van der Waals surface area contributed by atoms with Crippen molar-refractivity contribution in [3.8, 4) is 17.3 Å². The molecule has 12 nitrogen and oxygen atoms in total. The van der Waals surface area contributed by atoms with Gasteiger partial charge in [0.2, 0.25) is 5.95 Å². The first-order chi connectivity index (χ1) is 25.1. The average molecular weight is 706 g/mol. The molecule has 1 atom stereocenters. The van der Waals surface area contributed by atoms with Crippen LogP contribution < -0.4 is 20.7 Å². The van der Waals surface area contributed by atoms with Gasteiger partial charge in [-0.15, -0.1) is 0 Å². The molecule has 0 bridgehead atoms. The molecule has 0 radical (unpaired) electrons. The quantitative estimate of drug-likeness (QED) is 0.136. The van der Waals surface area contributed by atoms with Crippen molar-refractivity contribution in [2.24, 2.45) is 5.92 Å². The first-order valence-corrected chi connectivity index (χ1v) is 18.7. The number of nitrogens with one attached hydrogen (secondary N) is 3. The van der Waals surface area contributed by atoms with Gasteiger partial charge < -0.3 is 30.3 Å². The van der Waals surface area contributed by atoms with Gasteiger partial charge in [0.05, 0.1) is 18.4 Å². The normalized spacial score (nSPS) is 17.1. The monoisotopic (exact) mass is 705 g/mol. The Balaban J connectivity index is 1.12. The van der Waals surface area contributed by atoms with Gasteiger partial charge in [-0.25, -0.2) is 4.79 Å². The second-order valence-electron chi connectivity index (χ2n) is 15.3. The summed E-state index contributed by atoms with van der Waals surface area (Å²) < 4.78 is 13.8. The molecule has 274 valence electrons. The number of nitrogens with zero attached hydrogens (tertiary/aromatic N) is 6. The Hall–Kier alpha value is -4.97. The van der Waals surface area contributed by atoms with E-state index in [1.54, 1.807) is 9.42 Å². The number of aromatic nitrogens is 5. The van der Waals surface area contributed by atoms with Crippen molar-refractivity contribution in [1.29, 1.82) is 0 Å². The van der Waals surface area contributed by atoms with Crippen molar-refractivity contribution in [3.63, 3.8) is 0 Å². The number of hydrogen-bond acceptors (Lipinski definition) is 10. The van der Waals surface area contributed by atoms with E-state index in [2.05, 4.69) is 77.4 Å². The summed E-state index contributed by atoms with van der Waals surface area (Å²) in [5, 5.41) is 17.6. The smallest absolute Gasteiger partial charge is 0.410 e. The van der Waals surface area contributed by atoms with E-state index in [-0.39, 0.29) is 24.1 Å². The molecule has 2 fully saturated rings. The van der Waals surface area contributed by atoms with Crippen LogP contribution in [0.25, 0.3) is 27.7 Å². The van der Waals surface area contributed by atoms with Crippen molar-refractivity contribution in [1.82, 2.24) is 34.8 Å². The summed E-state index contributed by atoms with van der Waals surface area (Å²) in [4.78, 5) is 29.1. The molecule has 5 aromatic rings. The minimum Gasteiger partial charge on any atom is -0.458 e. The summed E-state index contributed by atoms with van der Waals surface area (Å²) in [7, 11) is 0. The lowest BCUT2D eigenvalue weighted by atomic mass is 9.97.